The largest absolute Gasteiger partial charge is 0.392 e. The maximum absolute atomic E-state index is 12.1. The van der Waals surface area contributed by atoms with Gasteiger partial charge < -0.3 is 10.0 Å². The maximum Gasteiger partial charge on any atom is 0.240 e. The lowest BCUT2D eigenvalue weighted by Crippen LogP contribution is -2.40. The van der Waals surface area contributed by atoms with Gasteiger partial charge in [0.2, 0.25) is 5.91 Å². The van der Waals surface area contributed by atoms with Crippen LogP contribution < -0.4 is 4.90 Å². The zero-order valence-electron chi connectivity index (χ0n) is 11.8. The van der Waals surface area contributed by atoms with Crippen molar-refractivity contribution in [2.45, 2.75) is 26.5 Å². The Bertz CT molecular complexity index is 459. The number of β-amino-alcohol motifs (C(OH)–C–C–N with tert-alkyl or cyclic N) is 1. The summed E-state index contributed by atoms with van der Waals surface area (Å²) in [5.41, 5.74) is 2.10. The number of carbonyl (C=O) groups excluding carboxylic acids is 1. The predicted octanol–water partition coefficient (Wildman–Crippen LogP) is 1.48. The number of fused-ring (bicyclic) bond motifs is 1. The lowest BCUT2D eigenvalue weighted by Gasteiger charge is -2.24. The number of nitrogens with zero attached hydrogens (tertiary/aromatic N) is 2. The first-order valence-corrected chi connectivity index (χ1v) is 6.74. The number of benzene rings is 1. The van der Waals surface area contributed by atoms with Crippen molar-refractivity contribution in [3.05, 3.63) is 29.8 Å². The van der Waals surface area contributed by atoms with Gasteiger partial charge in [-0.3, -0.25) is 9.69 Å². The van der Waals surface area contributed by atoms with Crippen molar-refractivity contribution in [3.8, 4) is 0 Å². The molecular formula is C15H22N2O2. The summed E-state index contributed by atoms with van der Waals surface area (Å²) in [6.45, 7) is 5.57. The molecule has 0 saturated carbocycles. The topological polar surface area (TPSA) is 43.8 Å². The van der Waals surface area contributed by atoms with E-state index in [4.69, 9.17) is 0 Å². The van der Waals surface area contributed by atoms with Crippen molar-refractivity contribution in [1.82, 2.24) is 4.90 Å². The van der Waals surface area contributed by atoms with Gasteiger partial charge in [0.1, 0.15) is 0 Å². The number of carbonyl (C=O) groups is 1. The molecule has 0 spiro atoms. The quantitative estimate of drug-likeness (QED) is 0.897. The summed E-state index contributed by atoms with van der Waals surface area (Å²) in [4.78, 5) is 15.9. The fourth-order valence-electron chi connectivity index (χ4n) is 2.30. The molecule has 1 aromatic carbocycles. The zero-order chi connectivity index (χ0) is 14.0. The molecule has 1 amide bonds. The van der Waals surface area contributed by atoms with Crippen molar-refractivity contribution in [1.29, 1.82) is 0 Å². The number of likely N-dealkylation sites (N-methyl/N-ethyl adjacent to an activating group) is 1. The molecule has 0 aliphatic carbocycles. The number of hydrogen-bond donors (Lipinski definition) is 1. The summed E-state index contributed by atoms with van der Waals surface area (Å²) >= 11 is 0. The van der Waals surface area contributed by atoms with Crippen LogP contribution in [0.2, 0.25) is 0 Å². The van der Waals surface area contributed by atoms with E-state index in [1.807, 2.05) is 50.1 Å². The van der Waals surface area contributed by atoms with Crippen LogP contribution in [-0.2, 0) is 11.3 Å². The number of aliphatic hydroxyl groups is 1. The highest BCUT2D eigenvalue weighted by molar-refractivity contribution is 5.95. The Balaban J connectivity index is 2.20. The Morgan fingerprint density at radius 3 is 2.63 bits per heavy atom. The average molecular weight is 262 g/mol. The van der Waals surface area contributed by atoms with Crippen LogP contribution in [0.5, 0.6) is 0 Å². The van der Waals surface area contributed by atoms with E-state index >= 15 is 0 Å². The predicted molar refractivity (Wildman–Crippen MR) is 76.0 cm³/mol. The molecule has 0 bridgehead atoms. The van der Waals surface area contributed by atoms with Gasteiger partial charge in [-0.05, 0) is 17.5 Å². The van der Waals surface area contributed by atoms with E-state index in [1.54, 1.807) is 4.90 Å². The first kappa shape index (κ1) is 14.0. The summed E-state index contributed by atoms with van der Waals surface area (Å²) in [5.74, 6) is 0.271. The fraction of sp³-hybridized carbons (Fsp3) is 0.533. The highest BCUT2D eigenvalue weighted by Crippen LogP contribution is 2.24. The third-order valence-electron chi connectivity index (χ3n) is 3.69. The Morgan fingerprint density at radius 2 is 1.95 bits per heavy atom. The monoisotopic (exact) mass is 262 g/mol. The normalized spacial score (nSPS) is 18.4. The summed E-state index contributed by atoms with van der Waals surface area (Å²) in [7, 11) is 1.81. The van der Waals surface area contributed by atoms with E-state index in [2.05, 4.69) is 0 Å². The first-order chi connectivity index (χ1) is 8.99. The fourth-order valence-corrected chi connectivity index (χ4v) is 2.30. The third-order valence-corrected chi connectivity index (χ3v) is 3.69. The Kier molecular flexibility index (Phi) is 4.22. The molecule has 0 saturated heterocycles. The van der Waals surface area contributed by atoms with Gasteiger partial charge in [-0.25, -0.2) is 0 Å². The number of aliphatic hydroxyl groups excluding tert-OH is 1. The van der Waals surface area contributed by atoms with Crippen LogP contribution in [0, 0.1) is 5.92 Å². The summed E-state index contributed by atoms with van der Waals surface area (Å²) in [5, 5.41) is 10.0. The molecule has 2 rings (SSSR count). The van der Waals surface area contributed by atoms with Crippen LogP contribution in [0.4, 0.5) is 5.69 Å². The average Bonchev–Trinajstić information content (AvgIpc) is 2.48. The molecule has 1 aliphatic heterocycles. The van der Waals surface area contributed by atoms with Crippen molar-refractivity contribution >= 4 is 11.6 Å². The molecule has 1 aliphatic rings. The van der Waals surface area contributed by atoms with E-state index in [9.17, 15) is 9.90 Å². The number of hydrogen-bond acceptors (Lipinski definition) is 3. The van der Waals surface area contributed by atoms with E-state index in [-0.39, 0.29) is 11.8 Å². The number of rotatable bonds is 3. The highest BCUT2D eigenvalue weighted by atomic mass is 16.3. The molecule has 0 fully saturated rings. The molecule has 1 atom stereocenters. The molecule has 0 radical (unpaired) electrons. The molecule has 1 unspecified atom stereocenters. The Morgan fingerprint density at radius 1 is 1.26 bits per heavy atom. The molecule has 4 heteroatoms. The Labute approximate surface area is 114 Å². The summed E-state index contributed by atoms with van der Waals surface area (Å²) < 4.78 is 0. The second kappa shape index (κ2) is 5.72. The van der Waals surface area contributed by atoms with E-state index in [0.717, 1.165) is 11.3 Å². The minimum Gasteiger partial charge on any atom is -0.392 e. The molecule has 104 valence electrons. The van der Waals surface area contributed by atoms with Gasteiger partial charge in [-0.2, -0.15) is 0 Å². The highest BCUT2D eigenvalue weighted by Gasteiger charge is 2.25. The van der Waals surface area contributed by atoms with Crippen LogP contribution in [0.15, 0.2) is 24.3 Å². The third kappa shape index (κ3) is 3.14. The van der Waals surface area contributed by atoms with Gasteiger partial charge in [-0.1, -0.05) is 32.0 Å². The van der Waals surface area contributed by atoms with Gasteiger partial charge in [-0.15, -0.1) is 0 Å². The molecule has 1 aromatic rings. The van der Waals surface area contributed by atoms with Crippen molar-refractivity contribution in [2.24, 2.45) is 5.92 Å². The van der Waals surface area contributed by atoms with Gasteiger partial charge in [0, 0.05) is 25.8 Å². The second-order valence-corrected chi connectivity index (χ2v) is 5.56. The molecule has 19 heavy (non-hydrogen) atoms. The van der Waals surface area contributed by atoms with E-state index in [0.29, 0.717) is 19.6 Å². The van der Waals surface area contributed by atoms with E-state index in [1.165, 1.54) is 0 Å². The minimum absolute atomic E-state index is 0.0703. The molecule has 1 N–H and O–H groups in total. The lowest BCUT2D eigenvalue weighted by molar-refractivity contribution is -0.119. The van der Waals surface area contributed by atoms with Crippen molar-refractivity contribution < 1.29 is 9.90 Å². The standard InChI is InChI=1S/C15H22N2O2/c1-11(2)14(18)9-17-8-12-6-4-5-7-13(12)16(3)15(19)10-17/h4-7,11,14,18H,8-10H2,1-3H3. The van der Waals surface area contributed by atoms with E-state index < -0.39 is 6.10 Å². The van der Waals surface area contributed by atoms with Crippen molar-refractivity contribution in [3.63, 3.8) is 0 Å². The van der Waals surface area contributed by atoms with Crippen molar-refractivity contribution in [2.75, 3.05) is 25.0 Å². The first-order valence-electron chi connectivity index (χ1n) is 6.74. The van der Waals surface area contributed by atoms with Gasteiger partial charge >= 0.3 is 0 Å². The SMILES string of the molecule is CC(C)C(O)CN1CC(=O)N(C)c2ccccc2C1. The van der Waals surface area contributed by atoms with Gasteiger partial charge in [0.15, 0.2) is 0 Å². The molecular weight excluding hydrogens is 240 g/mol. The van der Waals surface area contributed by atoms with Crippen LogP contribution >= 0.6 is 0 Å². The minimum atomic E-state index is -0.400. The van der Waals surface area contributed by atoms with Crippen LogP contribution in [0.25, 0.3) is 0 Å². The maximum atomic E-state index is 12.1. The summed E-state index contributed by atoms with van der Waals surface area (Å²) in [6, 6.07) is 7.94. The molecule has 0 aromatic heterocycles. The number of anilines is 1. The smallest absolute Gasteiger partial charge is 0.240 e. The molecule has 4 nitrogen and oxygen atoms in total. The van der Waals surface area contributed by atoms with Crippen LogP contribution in [0.3, 0.4) is 0 Å². The molecule has 1 heterocycles. The van der Waals surface area contributed by atoms with Gasteiger partial charge in [0.25, 0.3) is 0 Å². The number of amides is 1. The lowest BCUT2D eigenvalue weighted by atomic mass is 10.1. The number of para-hydroxylation sites is 1. The summed E-state index contributed by atoms with van der Waals surface area (Å²) in [6.07, 6.45) is -0.400. The van der Waals surface area contributed by atoms with Crippen LogP contribution in [-0.4, -0.2) is 42.2 Å². The Hall–Kier alpha value is -1.39. The van der Waals surface area contributed by atoms with Crippen LogP contribution in [0.1, 0.15) is 19.4 Å². The second-order valence-electron chi connectivity index (χ2n) is 5.56. The van der Waals surface area contributed by atoms with Gasteiger partial charge in [0.05, 0.1) is 12.6 Å². The zero-order valence-corrected chi connectivity index (χ0v) is 11.8.